The van der Waals surface area contributed by atoms with E-state index >= 15 is 0 Å². The summed E-state index contributed by atoms with van der Waals surface area (Å²) in [7, 11) is 0. The van der Waals surface area contributed by atoms with Crippen molar-refractivity contribution in [3.63, 3.8) is 0 Å². The second kappa shape index (κ2) is 7.51. The third kappa shape index (κ3) is 4.50. The number of nitriles is 1. The molecular weight excluding hydrogens is 280 g/mol. The highest BCUT2D eigenvalue weighted by Gasteiger charge is 2.31. The molecule has 1 saturated carbocycles. The number of nitrogens with one attached hydrogen (secondary N) is 1. The summed E-state index contributed by atoms with van der Waals surface area (Å²) in [5, 5.41) is 11.9. The van der Waals surface area contributed by atoms with Crippen molar-refractivity contribution >= 4 is 17.7 Å². The summed E-state index contributed by atoms with van der Waals surface area (Å²) in [4.78, 5) is 12.1. The number of benzene rings is 1. The summed E-state index contributed by atoms with van der Waals surface area (Å²) in [5.74, 6) is 0.0682. The van der Waals surface area contributed by atoms with Crippen LogP contribution >= 0.6 is 11.8 Å². The Bertz CT molecular complexity index is 513. The zero-order chi connectivity index (χ0) is 15.1. The number of hydrogen-bond acceptors (Lipinski definition) is 3. The molecule has 0 saturated heterocycles. The Labute approximate surface area is 131 Å². The van der Waals surface area contributed by atoms with Crippen LogP contribution in [0.4, 0.5) is 0 Å². The van der Waals surface area contributed by atoms with E-state index in [1.807, 2.05) is 23.9 Å². The van der Waals surface area contributed by atoms with Crippen molar-refractivity contribution in [3.8, 4) is 6.07 Å². The van der Waals surface area contributed by atoms with Gasteiger partial charge in [-0.05, 0) is 36.8 Å². The van der Waals surface area contributed by atoms with Gasteiger partial charge in [0.2, 0.25) is 5.91 Å². The fourth-order valence-corrected chi connectivity index (χ4v) is 3.77. The zero-order valence-corrected chi connectivity index (χ0v) is 13.3. The van der Waals surface area contributed by atoms with Crippen LogP contribution in [-0.2, 0) is 11.2 Å². The van der Waals surface area contributed by atoms with Crippen molar-refractivity contribution in [3.05, 3.63) is 35.4 Å². The van der Waals surface area contributed by atoms with Crippen LogP contribution in [0.3, 0.4) is 0 Å². The fraction of sp³-hybridized carbons (Fsp3) is 0.529. The predicted molar refractivity (Wildman–Crippen MR) is 87.2 cm³/mol. The SMILES string of the molecule is CSC1(CNC(=O)Cc2ccc(C#N)cc2)CCCCC1. The average Bonchev–Trinajstić information content (AvgIpc) is 2.54. The van der Waals surface area contributed by atoms with E-state index in [4.69, 9.17) is 5.26 Å². The largest absolute Gasteiger partial charge is 0.354 e. The normalized spacial score (nSPS) is 17.0. The summed E-state index contributed by atoms with van der Waals surface area (Å²) >= 11 is 1.90. The third-order valence-corrected chi connectivity index (χ3v) is 5.67. The van der Waals surface area contributed by atoms with E-state index in [9.17, 15) is 4.79 Å². The first-order valence-electron chi connectivity index (χ1n) is 7.48. The Kier molecular flexibility index (Phi) is 5.69. The summed E-state index contributed by atoms with van der Waals surface area (Å²) in [5.41, 5.74) is 1.58. The molecule has 112 valence electrons. The highest BCUT2D eigenvalue weighted by molar-refractivity contribution is 8.00. The van der Waals surface area contributed by atoms with Gasteiger partial charge in [0.25, 0.3) is 0 Å². The van der Waals surface area contributed by atoms with Gasteiger partial charge in [0.1, 0.15) is 0 Å². The van der Waals surface area contributed by atoms with Crippen molar-refractivity contribution in [1.29, 1.82) is 5.26 Å². The van der Waals surface area contributed by atoms with Crippen LogP contribution < -0.4 is 5.32 Å². The van der Waals surface area contributed by atoms with E-state index < -0.39 is 0 Å². The van der Waals surface area contributed by atoms with Gasteiger partial charge in [-0.2, -0.15) is 17.0 Å². The molecular formula is C17H22N2OS. The molecule has 0 bridgehead atoms. The molecule has 0 spiro atoms. The maximum atomic E-state index is 12.1. The number of hydrogen-bond donors (Lipinski definition) is 1. The van der Waals surface area contributed by atoms with Gasteiger partial charge in [0.15, 0.2) is 0 Å². The van der Waals surface area contributed by atoms with E-state index in [-0.39, 0.29) is 10.7 Å². The Morgan fingerprint density at radius 3 is 2.52 bits per heavy atom. The molecule has 0 radical (unpaired) electrons. The maximum absolute atomic E-state index is 12.1. The lowest BCUT2D eigenvalue weighted by Gasteiger charge is -2.35. The number of carbonyl (C=O) groups excluding carboxylic acids is 1. The highest BCUT2D eigenvalue weighted by atomic mass is 32.2. The molecule has 0 heterocycles. The van der Waals surface area contributed by atoms with E-state index in [1.165, 1.54) is 32.1 Å². The van der Waals surface area contributed by atoms with Gasteiger partial charge in [0, 0.05) is 11.3 Å². The first-order valence-corrected chi connectivity index (χ1v) is 8.71. The van der Waals surface area contributed by atoms with Crippen LogP contribution in [0, 0.1) is 11.3 Å². The van der Waals surface area contributed by atoms with Crippen LogP contribution in [0.25, 0.3) is 0 Å². The minimum absolute atomic E-state index is 0.0682. The zero-order valence-electron chi connectivity index (χ0n) is 12.5. The summed E-state index contributed by atoms with van der Waals surface area (Å²) in [6.45, 7) is 0.767. The maximum Gasteiger partial charge on any atom is 0.224 e. The summed E-state index contributed by atoms with van der Waals surface area (Å²) in [6.07, 6.45) is 8.80. The Balaban J connectivity index is 1.85. The molecule has 1 aliphatic carbocycles. The third-order valence-electron chi connectivity index (χ3n) is 4.25. The molecule has 1 fully saturated rings. The Morgan fingerprint density at radius 1 is 1.29 bits per heavy atom. The van der Waals surface area contributed by atoms with Crippen LogP contribution in [-0.4, -0.2) is 23.5 Å². The molecule has 0 unspecified atom stereocenters. The van der Waals surface area contributed by atoms with Gasteiger partial charge >= 0.3 is 0 Å². The molecule has 0 atom stereocenters. The lowest BCUT2D eigenvalue weighted by molar-refractivity contribution is -0.120. The molecule has 1 aromatic rings. The molecule has 0 aliphatic heterocycles. The molecule has 1 aliphatic rings. The minimum Gasteiger partial charge on any atom is -0.354 e. The highest BCUT2D eigenvalue weighted by Crippen LogP contribution is 2.37. The topological polar surface area (TPSA) is 52.9 Å². The second-order valence-electron chi connectivity index (χ2n) is 5.71. The lowest BCUT2D eigenvalue weighted by Crippen LogP contribution is -2.42. The molecule has 3 nitrogen and oxygen atoms in total. The van der Waals surface area contributed by atoms with Crippen molar-refractivity contribution in [2.75, 3.05) is 12.8 Å². The standard InChI is InChI=1S/C17H22N2OS/c1-21-17(9-3-2-4-10-17)13-19-16(20)11-14-5-7-15(12-18)8-6-14/h5-8H,2-4,9-11,13H2,1H3,(H,19,20). The number of amides is 1. The quantitative estimate of drug-likeness (QED) is 0.908. The molecule has 0 aromatic heterocycles. The molecule has 4 heteroatoms. The van der Waals surface area contributed by atoms with E-state index in [1.54, 1.807) is 12.1 Å². The molecule has 1 N–H and O–H groups in total. The first kappa shape index (κ1) is 15.9. The Hall–Kier alpha value is -1.47. The number of rotatable bonds is 5. The van der Waals surface area contributed by atoms with Crippen LogP contribution in [0.1, 0.15) is 43.2 Å². The number of thioether (sulfide) groups is 1. The molecule has 1 amide bonds. The summed E-state index contributed by atoms with van der Waals surface area (Å²) < 4.78 is 0.235. The predicted octanol–water partition coefficient (Wildman–Crippen LogP) is 3.28. The van der Waals surface area contributed by atoms with E-state index in [2.05, 4.69) is 17.6 Å². The van der Waals surface area contributed by atoms with E-state index in [0.29, 0.717) is 12.0 Å². The van der Waals surface area contributed by atoms with Crippen molar-refractivity contribution in [2.45, 2.75) is 43.3 Å². The summed E-state index contributed by atoms with van der Waals surface area (Å²) in [6, 6.07) is 9.30. The molecule has 2 rings (SSSR count). The first-order chi connectivity index (χ1) is 10.2. The van der Waals surface area contributed by atoms with E-state index in [0.717, 1.165) is 12.1 Å². The van der Waals surface area contributed by atoms with Crippen molar-refractivity contribution < 1.29 is 4.79 Å². The fourth-order valence-electron chi connectivity index (χ4n) is 2.85. The van der Waals surface area contributed by atoms with Gasteiger partial charge < -0.3 is 5.32 Å². The number of nitrogens with zero attached hydrogens (tertiary/aromatic N) is 1. The monoisotopic (exact) mass is 302 g/mol. The number of carbonyl (C=O) groups is 1. The second-order valence-corrected chi connectivity index (χ2v) is 6.98. The van der Waals surface area contributed by atoms with Crippen molar-refractivity contribution in [2.24, 2.45) is 0 Å². The van der Waals surface area contributed by atoms with Crippen molar-refractivity contribution in [1.82, 2.24) is 5.32 Å². The average molecular weight is 302 g/mol. The Morgan fingerprint density at radius 2 is 1.95 bits per heavy atom. The van der Waals surface area contributed by atoms with Gasteiger partial charge in [-0.3, -0.25) is 4.79 Å². The lowest BCUT2D eigenvalue weighted by atomic mass is 9.88. The van der Waals surface area contributed by atoms with Crippen LogP contribution in [0.15, 0.2) is 24.3 Å². The van der Waals surface area contributed by atoms with Gasteiger partial charge in [0.05, 0.1) is 18.1 Å². The van der Waals surface area contributed by atoms with Crippen LogP contribution in [0.2, 0.25) is 0 Å². The minimum atomic E-state index is 0.0682. The smallest absolute Gasteiger partial charge is 0.224 e. The van der Waals surface area contributed by atoms with Gasteiger partial charge in [-0.1, -0.05) is 31.4 Å². The van der Waals surface area contributed by atoms with Crippen LogP contribution in [0.5, 0.6) is 0 Å². The molecule has 1 aromatic carbocycles. The van der Waals surface area contributed by atoms with Gasteiger partial charge in [-0.15, -0.1) is 0 Å². The molecule has 21 heavy (non-hydrogen) atoms. The van der Waals surface area contributed by atoms with Gasteiger partial charge in [-0.25, -0.2) is 0 Å².